The zero-order valence-electron chi connectivity index (χ0n) is 9.50. The first-order chi connectivity index (χ1) is 8.31. The Labute approximate surface area is 104 Å². The number of rotatable bonds is 4. The lowest BCUT2D eigenvalue weighted by atomic mass is 10.2. The molecule has 2 rings (SSSR count). The predicted molar refractivity (Wildman–Crippen MR) is 70.0 cm³/mol. The minimum atomic E-state index is 0.468. The van der Waals surface area contributed by atoms with Crippen LogP contribution < -0.4 is 0 Å². The van der Waals surface area contributed by atoms with Crippen molar-refractivity contribution in [1.29, 1.82) is 0 Å². The Hall–Kier alpha value is -1.84. The lowest BCUT2D eigenvalue weighted by Crippen LogP contribution is -1.91. The van der Waals surface area contributed by atoms with Gasteiger partial charge in [-0.1, -0.05) is 35.4 Å². The molecular weight excluding hydrogens is 232 g/mol. The van der Waals surface area contributed by atoms with E-state index in [1.165, 1.54) is 4.88 Å². The van der Waals surface area contributed by atoms with E-state index in [-0.39, 0.29) is 0 Å². The van der Waals surface area contributed by atoms with Gasteiger partial charge in [-0.25, -0.2) is 4.98 Å². The van der Waals surface area contributed by atoms with Crippen molar-refractivity contribution in [2.24, 2.45) is 5.11 Å². The topological polar surface area (TPSA) is 61.7 Å². The van der Waals surface area contributed by atoms with Crippen LogP contribution in [-0.4, -0.2) is 11.5 Å². The number of benzene rings is 1. The monoisotopic (exact) mass is 244 g/mol. The highest BCUT2D eigenvalue weighted by Crippen LogP contribution is 2.27. The van der Waals surface area contributed by atoms with E-state index in [0.717, 1.165) is 16.3 Å². The molecule has 5 heteroatoms. The number of hydrogen-bond acceptors (Lipinski definition) is 3. The number of aromatic nitrogens is 1. The molecular formula is C12H12N4S. The second kappa shape index (κ2) is 5.48. The summed E-state index contributed by atoms with van der Waals surface area (Å²) in [5.41, 5.74) is 10.4. The van der Waals surface area contributed by atoms with Gasteiger partial charge >= 0.3 is 0 Å². The molecule has 0 bridgehead atoms. The standard InChI is InChI=1S/C12H12N4S/c1-9-11(7-8-14-16-13)15-12(17-9)10-5-3-2-4-6-10/h2-6H,7-8H2,1H3. The molecule has 0 saturated carbocycles. The van der Waals surface area contributed by atoms with Crippen LogP contribution in [0.25, 0.3) is 21.0 Å². The van der Waals surface area contributed by atoms with Gasteiger partial charge in [0, 0.05) is 21.9 Å². The maximum Gasteiger partial charge on any atom is 0.123 e. The number of nitrogens with zero attached hydrogens (tertiary/aromatic N) is 4. The lowest BCUT2D eigenvalue weighted by Gasteiger charge is -1.94. The molecule has 17 heavy (non-hydrogen) atoms. The molecule has 0 fully saturated rings. The average Bonchev–Trinajstić information content (AvgIpc) is 2.73. The summed E-state index contributed by atoms with van der Waals surface area (Å²) in [7, 11) is 0. The first kappa shape index (κ1) is 11.6. The maximum absolute atomic E-state index is 8.24. The molecule has 0 radical (unpaired) electrons. The molecule has 0 amide bonds. The average molecular weight is 244 g/mol. The molecule has 1 aromatic heterocycles. The van der Waals surface area contributed by atoms with Crippen molar-refractivity contribution in [2.75, 3.05) is 6.54 Å². The molecule has 0 atom stereocenters. The summed E-state index contributed by atoms with van der Waals surface area (Å²) in [6.45, 7) is 2.52. The molecule has 0 aliphatic rings. The van der Waals surface area contributed by atoms with Crippen molar-refractivity contribution in [1.82, 2.24) is 4.98 Å². The van der Waals surface area contributed by atoms with Crippen molar-refractivity contribution in [3.05, 3.63) is 51.3 Å². The van der Waals surface area contributed by atoms with Crippen LogP contribution in [-0.2, 0) is 6.42 Å². The second-order valence-electron chi connectivity index (χ2n) is 3.59. The molecule has 0 aliphatic heterocycles. The quantitative estimate of drug-likeness (QED) is 0.456. The smallest absolute Gasteiger partial charge is 0.123 e. The summed E-state index contributed by atoms with van der Waals surface area (Å²) < 4.78 is 0. The van der Waals surface area contributed by atoms with Gasteiger partial charge < -0.3 is 0 Å². The summed E-state index contributed by atoms with van der Waals surface area (Å²) in [6.07, 6.45) is 0.708. The molecule has 1 heterocycles. The van der Waals surface area contributed by atoms with E-state index in [2.05, 4.69) is 34.1 Å². The fraction of sp³-hybridized carbons (Fsp3) is 0.250. The Bertz CT molecular complexity index is 541. The van der Waals surface area contributed by atoms with Crippen molar-refractivity contribution in [3.8, 4) is 10.6 Å². The van der Waals surface area contributed by atoms with Crippen molar-refractivity contribution in [3.63, 3.8) is 0 Å². The second-order valence-corrected chi connectivity index (χ2v) is 4.80. The van der Waals surface area contributed by atoms with E-state index in [9.17, 15) is 0 Å². The Kier molecular flexibility index (Phi) is 3.75. The Morgan fingerprint density at radius 3 is 2.82 bits per heavy atom. The van der Waals surface area contributed by atoms with Crippen LogP contribution in [0, 0.1) is 6.92 Å². The normalized spacial score (nSPS) is 9.94. The van der Waals surface area contributed by atoms with Crippen LogP contribution >= 0.6 is 11.3 Å². The largest absolute Gasteiger partial charge is 0.241 e. The molecule has 2 aromatic rings. The van der Waals surface area contributed by atoms with Gasteiger partial charge in [-0.2, -0.15) is 0 Å². The highest BCUT2D eigenvalue weighted by atomic mass is 32.1. The Morgan fingerprint density at radius 2 is 2.12 bits per heavy atom. The highest BCUT2D eigenvalue weighted by molar-refractivity contribution is 7.15. The van der Waals surface area contributed by atoms with E-state index >= 15 is 0 Å². The van der Waals surface area contributed by atoms with Crippen molar-refractivity contribution < 1.29 is 0 Å². The van der Waals surface area contributed by atoms with Crippen LogP contribution in [0.4, 0.5) is 0 Å². The minimum Gasteiger partial charge on any atom is -0.241 e. The first-order valence-corrected chi connectivity index (χ1v) is 6.15. The lowest BCUT2D eigenvalue weighted by molar-refractivity contribution is 0.918. The number of thiazole rings is 1. The Morgan fingerprint density at radius 1 is 1.35 bits per heavy atom. The first-order valence-electron chi connectivity index (χ1n) is 5.34. The highest BCUT2D eigenvalue weighted by Gasteiger charge is 2.08. The van der Waals surface area contributed by atoms with Gasteiger partial charge in [0.15, 0.2) is 0 Å². The minimum absolute atomic E-state index is 0.468. The zero-order valence-corrected chi connectivity index (χ0v) is 10.3. The molecule has 86 valence electrons. The number of azide groups is 1. The van der Waals surface area contributed by atoms with Crippen LogP contribution in [0.5, 0.6) is 0 Å². The Balaban J connectivity index is 2.21. The third-order valence-corrected chi connectivity index (χ3v) is 3.49. The van der Waals surface area contributed by atoms with Gasteiger partial charge in [-0.15, -0.1) is 11.3 Å². The number of aryl methyl sites for hydroxylation is 1. The fourth-order valence-corrected chi connectivity index (χ4v) is 2.53. The third-order valence-electron chi connectivity index (χ3n) is 2.43. The summed E-state index contributed by atoms with van der Waals surface area (Å²) in [6, 6.07) is 10.1. The van der Waals surface area contributed by atoms with Crippen molar-refractivity contribution in [2.45, 2.75) is 13.3 Å². The zero-order chi connectivity index (χ0) is 12.1. The van der Waals surface area contributed by atoms with E-state index < -0.39 is 0 Å². The van der Waals surface area contributed by atoms with Gasteiger partial charge in [0.25, 0.3) is 0 Å². The van der Waals surface area contributed by atoms with Gasteiger partial charge in [0.1, 0.15) is 5.01 Å². The number of hydrogen-bond donors (Lipinski definition) is 0. The van der Waals surface area contributed by atoms with Crippen molar-refractivity contribution >= 4 is 11.3 Å². The SMILES string of the molecule is Cc1sc(-c2ccccc2)nc1CCN=[N+]=[N-]. The van der Waals surface area contributed by atoms with Crippen LogP contribution in [0.2, 0.25) is 0 Å². The van der Waals surface area contributed by atoms with Gasteiger partial charge in [-0.05, 0) is 18.9 Å². The van der Waals surface area contributed by atoms with E-state index in [1.807, 2.05) is 18.2 Å². The van der Waals surface area contributed by atoms with E-state index in [4.69, 9.17) is 5.53 Å². The molecule has 0 N–H and O–H groups in total. The fourth-order valence-electron chi connectivity index (χ4n) is 1.56. The molecule has 4 nitrogen and oxygen atoms in total. The van der Waals surface area contributed by atoms with E-state index in [1.54, 1.807) is 11.3 Å². The van der Waals surface area contributed by atoms with Crippen LogP contribution in [0.3, 0.4) is 0 Å². The van der Waals surface area contributed by atoms with Gasteiger partial charge in [-0.3, -0.25) is 0 Å². The molecule has 0 spiro atoms. The predicted octanol–water partition coefficient (Wildman–Crippen LogP) is 3.97. The maximum atomic E-state index is 8.24. The molecule has 0 aliphatic carbocycles. The third kappa shape index (κ3) is 2.84. The summed E-state index contributed by atoms with van der Waals surface area (Å²) in [5.74, 6) is 0. The van der Waals surface area contributed by atoms with Gasteiger partial charge in [0.05, 0.1) is 5.69 Å². The van der Waals surface area contributed by atoms with E-state index in [0.29, 0.717) is 13.0 Å². The molecule has 1 aromatic carbocycles. The molecule has 0 unspecified atom stereocenters. The molecule has 0 saturated heterocycles. The van der Waals surface area contributed by atoms with Crippen LogP contribution in [0.1, 0.15) is 10.6 Å². The van der Waals surface area contributed by atoms with Crippen LogP contribution in [0.15, 0.2) is 35.4 Å². The summed E-state index contributed by atoms with van der Waals surface area (Å²) in [4.78, 5) is 8.52. The summed E-state index contributed by atoms with van der Waals surface area (Å²) in [5, 5.41) is 4.56. The summed E-state index contributed by atoms with van der Waals surface area (Å²) >= 11 is 1.68. The van der Waals surface area contributed by atoms with Gasteiger partial charge in [0.2, 0.25) is 0 Å².